The summed E-state index contributed by atoms with van der Waals surface area (Å²) in [4.78, 5) is 11.5. The highest BCUT2D eigenvalue weighted by Gasteiger charge is 2.72. The lowest BCUT2D eigenvalue weighted by molar-refractivity contribution is -0.198. The van der Waals surface area contributed by atoms with E-state index in [1.807, 2.05) is 12.1 Å². The van der Waals surface area contributed by atoms with Gasteiger partial charge in [-0.15, -0.1) is 0 Å². The predicted molar refractivity (Wildman–Crippen MR) is 58.1 cm³/mol. The van der Waals surface area contributed by atoms with Crippen molar-refractivity contribution in [3.05, 3.63) is 29.8 Å². The smallest absolute Gasteiger partial charge is 0.311 e. The van der Waals surface area contributed by atoms with Gasteiger partial charge >= 0.3 is 5.97 Å². The minimum atomic E-state index is -0.188. The van der Waals surface area contributed by atoms with Crippen molar-refractivity contribution in [2.45, 2.75) is 24.7 Å². The summed E-state index contributed by atoms with van der Waals surface area (Å²) < 4.78 is 4.82. The highest BCUT2D eigenvalue weighted by Crippen LogP contribution is 2.73. The molecule has 0 saturated heterocycles. The summed E-state index contributed by atoms with van der Waals surface area (Å²) in [6.07, 6.45) is 2.70. The maximum atomic E-state index is 11.5. The number of rotatable bonds is 2. The molecule has 3 aliphatic carbocycles. The van der Waals surface area contributed by atoms with Gasteiger partial charge in [0.25, 0.3) is 0 Å². The van der Waals surface area contributed by atoms with E-state index < -0.39 is 0 Å². The monoisotopic (exact) mass is 218 g/mol. The molecule has 0 amide bonds. The Balaban J connectivity index is 1.78. The molecular formula is C13H14O3. The molecule has 16 heavy (non-hydrogen) atoms. The van der Waals surface area contributed by atoms with E-state index in [-0.39, 0.29) is 22.5 Å². The Hall–Kier alpha value is -1.51. The van der Waals surface area contributed by atoms with Crippen LogP contribution >= 0.6 is 0 Å². The predicted octanol–water partition coefficient (Wildman–Crippen LogP) is 1.99. The zero-order valence-corrected chi connectivity index (χ0v) is 9.19. The summed E-state index contributed by atoms with van der Waals surface area (Å²) in [5, 5.41) is 9.23. The van der Waals surface area contributed by atoms with E-state index in [0.29, 0.717) is 0 Å². The number of methoxy groups -OCH3 is 1. The van der Waals surface area contributed by atoms with Gasteiger partial charge in [-0.05, 0) is 42.4 Å². The fourth-order valence-corrected chi connectivity index (χ4v) is 3.34. The molecule has 0 spiro atoms. The third-order valence-electron chi connectivity index (χ3n) is 4.13. The topological polar surface area (TPSA) is 46.5 Å². The highest BCUT2D eigenvalue weighted by atomic mass is 16.5. The zero-order chi connectivity index (χ0) is 11.4. The van der Waals surface area contributed by atoms with Gasteiger partial charge in [0.2, 0.25) is 0 Å². The molecule has 84 valence electrons. The Kier molecular flexibility index (Phi) is 1.69. The van der Waals surface area contributed by atoms with Crippen LogP contribution in [0.5, 0.6) is 5.75 Å². The first-order valence-electron chi connectivity index (χ1n) is 5.48. The van der Waals surface area contributed by atoms with Gasteiger partial charge in [-0.1, -0.05) is 12.1 Å². The number of hydrogen-bond donors (Lipinski definition) is 1. The van der Waals surface area contributed by atoms with Gasteiger partial charge in [0.1, 0.15) is 5.75 Å². The largest absolute Gasteiger partial charge is 0.508 e. The van der Waals surface area contributed by atoms with E-state index in [1.165, 1.54) is 12.7 Å². The lowest BCUT2D eigenvalue weighted by Gasteiger charge is -2.68. The molecule has 1 N–H and O–H groups in total. The molecule has 0 atom stereocenters. The Bertz CT molecular complexity index is 427. The maximum absolute atomic E-state index is 11.5. The van der Waals surface area contributed by atoms with E-state index >= 15 is 0 Å². The lowest BCUT2D eigenvalue weighted by atomic mass is 9.33. The molecule has 1 aromatic carbocycles. The van der Waals surface area contributed by atoms with Crippen LogP contribution in [0.15, 0.2) is 24.3 Å². The van der Waals surface area contributed by atoms with E-state index in [2.05, 4.69) is 0 Å². The molecule has 1 aromatic rings. The molecule has 2 bridgehead atoms. The first-order valence-corrected chi connectivity index (χ1v) is 5.48. The molecule has 0 radical (unpaired) electrons. The number of esters is 1. The fourth-order valence-electron chi connectivity index (χ4n) is 3.34. The van der Waals surface area contributed by atoms with E-state index in [0.717, 1.165) is 19.3 Å². The van der Waals surface area contributed by atoms with Crippen LogP contribution in [-0.4, -0.2) is 18.2 Å². The first kappa shape index (κ1) is 9.70. The second kappa shape index (κ2) is 2.78. The summed E-state index contributed by atoms with van der Waals surface area (Å²) >= 11 is 0. The summed E-state index contributed by atoms with van der Waals surface area (Å²) in [6, 6.07) is 7.33. The maximum Gasteiger partial charge on any atom is 0.311 e. The number of benzene rings is 1. The van der Waals surface area contributed by atoms with Crippen molar-refractivity contribution >= 4 is 5.97 Å². The van der Waals surface area contributed by atoms with Crippen LogP contribution in [0.3, 0.4) is 0 Å². The van der Waals surface area contributed by atoms with Crippen LogP contribution in [-0.2, 0) is 14.9 Å². The van der Waals surface area contributed by atoms with Gasteiger partial charge in [0.05, 0.1) is 12.5 Å². The van der Waals surface area contributed by atoms with Gasteiger partial charge in [-0.2, -0.15) is 0 Å². The first-order chi connectivity index (χ1) is 7.60. The van der Waals surface area contributed by atoms with Gasteiger partial charge < -0.3 is 9.84 Å². The van der Waals surface area contributed by atoms with Gasteiger partial charge in [0.15, 0.2) is 0 Å². The normalized spacial score (nSPS) is 34.8. The number of aromatic hydroxyl groups is 1. The van der Waals surface area contributed by atoms with E-state index in [4.69, 9.17) is 4.74 Å². The average molecular weight is 218 g/mol. The number of phenolic OH excluding ortho intramolecular Hbond substituents is 1. The SMILES string of the molecule is COC(=O)C12CC(c3ccc(O)cc3)(C1)C2. The Morgan fingerprint density at radius 3 is 2.31 bits per heavy atom. The fraction of sp³-hybridized carbons (Fsp3) is 0.462. The molecule has 0 aliphatic heterocycles. The summed E-state index contributed by atoms with van der Waals surface area (Å²) in [7, 11) is 1.45. The summed E-state index contributed by atoms with van der Waals surface area (Å²) in [5.41, 5.74) is 1.23. The average Bonchev–Trinajstić information content (AvgIpc) is 2.16. The Morgan fingerprint density at radius 2 is 1.81 bits per heavy atom. The van der Waals surface area contributed by atoms with E-state index in [1.54, 1.807) is 12.1 Å². The van der Waals surface area contributed by atoms with Crippen molar-refractivity contribution in [3.8, 4) is 5.75 Å². The van der Waals surface area contributed by atoms with Crippen LogP contribution in [0.25, 0.3) is 0 Å². The minimum absolute atomic E-state index is 0.0619. The third-order valence-corrected chi connectivity index (χ3v) is 4.13. The molecule has 0 unspecified atom stereocenters. The highest BCUT2D eigenvalue weighted by molar-refractivity contribution is 5.82. The number of ether oxygens (including phenoxy) is 1. The van der Waals surface area contributed by atoms with Crippen molar-refractivity contribution in [2.75, 3.05) is 7.11 Å². The number of phenols is 1. The van der Waals surface area contributed by atoms with Crippen LogP contribution in [0.2, 0.25) is 0 Å². The molecule has 3 fully saturated rings. The molecular weight excluding hydrogens is 204 g/mol. The molecule has 4 rings (SSSR count). The minimum Gasteiger partial charge on any atom is -0.508 e. The third kappa shape index (κ3) is 1.01. The van der Waals surface area contributed by atoms with Crippen molar-refractivity contribution in [3.63, 3.8) is 0 Å². The Labute approximate surface area is 94.0 Å². The summed E-state index contributed by atoms with van der Waals surface area (Å²) in [5.74, 6) is 0.228. The van der Waals surface area contributed by atoms with E-state index in [9.17, 15) is 9.90 Å². The number of carbonyl (C=O) groups is 1. The van der Waals surface area contributed by atoms with Crippen molar-refractivity contribution in [1.29, 1.82) is 0 Å². The quantitative estimate of drug-likeness (QED) is 0.772. The molecule has 0 aromatic heterocycles. The van der Waals surface area contributed by atoms with Gasteiger partial charge in [-0.25, -0.2) is 0 Å². The van der Waals surface area contributed by atoms with Crippen LogP contribution < -0.4 is 0 Å². The molecule has 3 heteroatoms. The molecule has 0 heterocycles. The second-order valence-corrected chi connectivity index (χ2v) is 5.13. The van der Waals surface area contributed by atoms with Gasteiger partial charge in [-0.3, -0.25) is 4.79 Å². The molecule has 3 aliphatic rings. The molecule has 3 saturated carbocycles. The molecule has 3 nitrogen and oxygen atoms in total. The lowest BCUT2D eigenvalue weighted by Crippen LogP contribution is -2.68. The van der Waals surface area contributed by atoms with Gasteiger partial charge in [0, 0.05) is 0 Å². The van der Waals surface area contributed by atoms with Crippen molar-refractivity contribution in [2.24, 2.45) is 5.41 Å². The Morgan fingerprint density at radius 1 is 1.25 bits per heavy atom. The number of carbonyl (C=O) groups excluding carboxylic acids is 1. The van der Waals surface area contributed by atoms with Crippen molar-refractivity contribution in [1.82, 2.24) is 0 Å². The summed E-state index contributed by atoms with van der Waals surface area (Å²) in [6.45, 7) is 0. The zero-order valence-electron chi connectivity index (χ0n) is 9.19. The second-order valence-electron chi connectivity index (χ2n) is 5.13. The van der Waals surface area contributed by atoms with Crippen LogP contribution in [0, 0.1) is 5.41 Å². The van der Waals surface area contributed by atoms with Crippen LogP contribution in [0.4, 0.5) is 0 Å². The van der Waals surface area contributed by atoms with Crippen LogP contribution in [0.1, 0.15) is 24.8 Å². The number of hydrogen-bond acceptors (Lipinski definition) is 3. The van der Waals surface area contributed by atoms with Crippen molar-refractivity contribution < 1.29 is 14.6 Å². The standard InChI is InChI=1S/C13H14O3/c1-16-11(15)13-6-12(7-13,8-13)9-2-4-10(14)5-3-9/h2-5,14H,6-8H2,1H3.